The summed E-state index contributed by atoms with van der Waals surface area (Å²) in [5.74, 6) is -0.968. The number of carbonyl (C=O) groups excluding carboxylic acids is 3. The third kappa shape index (κ3) is 9.06. The van der Waals surface area contributed by atoms with Gasteiger partial charge in [-0.2, -0.15) is 0 Å². The molecule has 230 valence electrons. The largest absolute Gasteiger partial charge is 0.325 e. The van der Waals surface area contributed by atoms with Gasteiger partial charge in [-0.3, -0.25) is 14.4 Å². The third-order valence-electron chi connectivity index (χ3n) is 7.00. The molecule has 8 heteroatoms. The Bertz CT molecular complexity index is 1830. The number of thioether (sulfide) groups is 1. The minimum absolute atomic E-state index is 0.0969. The fourth-order valence-corrected chi connectivity index (χ4v) is 5.88. The fourth-order valence-electron chi connectivity index (χ4n) is 4.60. The molecule has 0 bridgehead atoms. The molecule has 1 unspecified atom stereocenters. The van der Waals surface area contributed by atoms with Crippen molar-refractivity contribution in [3.8, 4) is 11.1 Å². The molecule has 0 radical (unpaired) electrons. The first-order valence-electron chi connectivity index (χ1n) is 14.8. The average Bonchev–Trinajstić information content (AvgIpc) is 3.09. The van der Waals surface area contributed by atoms with Crippen molar-refractivity contribution in [3.63, 3.8) is 0 Å². The van der Waals surface area contributed by atoms with Crippen LogP contribution in [0, 0.1) is 0 Å². The summed E-state index contributed by atoms with van der Waals surface area (Å²) in [6.45, 7) is 1.96. The maximum atomic E-state index is 13.6. The number of amides is 3. The van der Waals surface area contributed by atoms with Crippen LogP contribution in [0.5, 0.6) is 0 Å². The summed E-state index contributed by atoms with van der Waals surface area (Å²) < 4.78 is 0.935. The lowest BCUT2D eigenvalue weighted by molar-refractivity contribution is -0.116. The monoisotopic (exact) mass is 689 g/mol. The first-order chi connectivity index (χ1) is 22.4. The van der Waals surface area contributed by atoms with Gasteiger partial charge in [0.05, 0.1) is 5.25 Å². The van der Waals surface area contributed by atoms with Crippen LogP contribution >= 0.6 is 27.7 Å². The number of hydrogen-bond acceptors (Lipinski definition) is 4. The van der Waals surface area contributed by atoms with Gasteiger partial charge in [-0.15, -0.1) is 11.8 Å². The van der Waals surface area contributed by atoms with Crippen molar-refractivity contribution >= 4 is 62.9 Å². The van der Waals surface area contributed by atoms with Crippen molar-refractivity contribution in [1.29, 1.82) is 0 Å². The van der Waals surface area contributed by atoms with E-state index >= 15 is 0 Å². The SMILES string of the molecule is CCC(Sc1cccc(NC(=O)/C(=C\c2ccc(-c3ccccc3)cc2)NC(=O)c2ccccc2)c1)C(=O)Nc1ccc(Br)cc1. The molecule has 0 saturated carbocycles. The topological polar surface area (TPSA) is 87.3 Å². The molecule has 5 aromatic carbocycles. The van der Waals surface area contributed by atoms with Crippen molar-refractivity contribution in [2.75, 3.05) is 10.6 Å². The molecule has 0 aliphatic carbocycles. The van der Waals surface area contributed by atoms with Gasteiger partial charge in [0.1, 0.15) is 5.70 Å². The normalized spacial score (nSPS) is 11.7. The Balaban J connectivity index is 1.33. The molecule has 0 spiro atoms. The van der Waals surface area contributed by atoms with E-state index in [1.54, 1.807) is 36.4 Å². The molecule has 6 nitrogen and oxygen atoms in total. The summed E-state index contributed by atoms with van der Waals surface area (Å²) in [5, 5.41) is 8.35. The van der Waals surface area contributed by atoms with Crippen LogP contribution in [0.3, 0.4) is 0 Å². The van der Waals surface area contributed by atoms with Crippen molar-refractivity contribution in [2.45, 2.75) is 23.5 Å². The predicted octanol–water partition coefficient (Wildman–Crippen LogP) is 9.04. The van der Waals surface area contributed by atoms with Gasteiger partial charge in [0.2, 0.25) is 5.91 Å². The highest BCUT2D eigenvalue weighted by molar-refractivity contribution is 9.10. The first kappa shape index (κ1) is 32.5. The Morgan fingerprint density at radius 3 is 2.04 bits per heavy atom. The van der Waals surface area contributed by atoms with Gasteiger partial charge in [0, 0.05) is 26.3 Å². The van der Waals surface area contributed by atoms with E-state index in [0.717, 1.165) is 31.7 Å². The van der Waals surface area contributed by atoms with E-state index in [0.29, 0.717) is 17.7 Å². The molecule has 0 aliphatic heterocycles. The average molecular weight is 691 g/mol. The van der Waals surface area contributed by atoms with Gasteiger partial charge >= 0.3 is 0 Å². The fraction of sp³-hybridized carbons (Fsp3) is 0.0789. The summed E-state index contributed by atoms with van der Waals surface area (Å²) in [5.41, 5.74) is 4.68. The lowest BCUT2D eigenvalue weighted by Crippen LogP contribution is -2.30. The second kappa shape index (κ2) is 15.9. The molecule has 46 heavy (non-hydrogen) atoms. The van der Waals surface area contributed by atoms with Crippen molar-refractivity contribution < 1.29 is 14.4 Å². The van der Waals surface area contributed by atoms with Gasteiger partial charge in [0.15, 0.2) is 0 Å². The maximum absolute atomic E-state index is 13.6. The Morgan fingerprint density at radius 2 is 1.37 bits per heavy atom. The number of rotatable bonds is 11. The number of halogens is 1. The van der Waals surface area contributed by atoms with E-state index in [1.807, 2.05) is 110 Å². The second-order valence-corrected chi connectivity index (χ2v) is 12.6. The molecule has 1 atom stereocenters. The van der Waals surface area contributed by atoms with Crippen molar-refractivity contribution in [3.05, 3.63) is 155 Å². The smallest absolute Gasteiger partial charge is 0.272 e. The van der Waals surface area contributed by atoms with E-state index in [2.05, 4.69) is 31.9 Å². The van der Waals surface area contributed by atoms with Crippen molar-refractivity contribution in [1.82, 2.24) is 5.32 Å². The number of benzene rings is 5. The zero-order chi connectivity index (χ0) is 32.3. The predicted molar refractivity (Wildman–Crippen MR) is 192 cm³/mol. The first-order valence-corrected chi connectivity index (χ1v) is 16.4. The lowest BCUT2D eigenvalue weighted by Gasteiger charge is -2.16. The second-order valence-electron chi connectivity index (χ2n) is 10.4. The molecular formula is C38H32BrN3O3S. The molecule has 0 saturated heterocycles. The Labute approximate surface area is 281 Å². The van der Waals surface area contributed by atoms with E-state index in [-0.39, 0.29) is 16.9 Å². The number of carbonyl (C=O) groups is 3. The molecule has 0 aliphatic rings. The summed E-state index contributed by atoms with van der Waals surface area (Å²) in [6.07, 6.45) is 2.27. The number of anilines is 2. The molecule has 3 N–H and O–H groups in total. The summed E-state index contributed by atoms with van der Waals surface area (Å²) in [4.78, 5) is 40.6. The Morgan fingerprint density at radius 1 is 0.717 bits per heavy atom. The molecule has 3 amide bonds. The van der Waals surface area contributed by atoms with E-state index in [4.69, 9.17) is 0 Å². The minimum Gasteiger partial charge on any atom is -0.325 e. The molecule has 5 rings (SSSR count). The zero-order valence-corrected chi connectivity index (χ0v) is 27.5. The van der Waals surface area contributed by atoms with Crippen molar-refractivity contribution in [2.24, 2.45) is 0 Å². The molecular weight excluding hydrogens is 658 g/mol. The van der Waals surface area contributed by atoms with Crippen LogP contribution in [-0.4, -0.2) is 23.0 Å². The van der Waals surface area contributed by atoms with Gasteiger partial charge < -0.3 is 16.0 Å². The van der Waals surface area contributed by atoms with Crippen LogP contribution in [0.4, 0.5) is 11.4 Å². The quantitative estimate of drug-likeness (QED) is 0.0954. The van der Waals surface area contributed by atoms with Crippen LogP contribution in [0.15, 0.2) is 149 Å². The van der Waals surface area contributed by atoms with Gasteiger partial charge in [0.25, 0.3) is 11.8 Å². The lowest BCUT2D eigenvalue weighted by atomic mass is 10.0. The van der Waals surface area contributed by atoms with E-state index in [1.165, 1.54) is 11.8 Å². The summed E-state index contributed by atoms with van der Waals surface area (Å²) in [6, 6.07) is 41.3. The summed E-state index contributed by atoms with van der Waals surface area (Å²) in [7, 11) is 0. The highest BCUT2D eigenvalue weighted by Crippen LogP contribution is 2.29. The van der Waals surface area contributed by atoms with Crippen LogP contribution in [0.25, 0.3) is 17.2 Å². The zero-order valence-electron chi connectivity index (χ0n) is 25.1. The van der Waals surface area contributed by atoms with Gasteiger partial charge in [-0.1, -0.05) is 102 Å². The maximum Gasteiger partial charge on any atom is 0.272 e. The van der Waals surface area contributed by atoms with Crippen LogP contribution in [0.2, 0.25) is 0 Å². The van der Waals surface area contributed by atoms with Gasteiger partial charge in [-0.25, -0.2) is 0 Å². The highest BCUT2D eigenvalue weighted by atomic mass is 79.9. The molecule has 0 aromatic heterocycles. The molecule has 5 aromatic rings. The number of hydrogen-bond donors (Lipinski definition) is 3. The van der Waals surface area contributed by atoms with Crippen LogP contribution in [0.1, 0.15) is 29.3 Å². The van der Waals surface area contributed by atoms with Crippen LogP contribution in [-0.2, 0) is 9.59 Å². The molecule has 0 heterocycles. The summed E-state index contributed by atoms with van der Waals surface area (Å²) >= 11 is 4.83. The van der Waals surface area contributed by atoms with E-state index in [9.17, 15) is 14.4 Å². The van der Waals surface area contributed by atoms with Crippen LogP contribution < -0.4 is 16.0 Å². The highest BCUT2D eigenvalue weighted by Gasteiger charge is 2.19. The van der Waals surface area contributed by atoms with Gasteiger partial charge in [-0.05, 0) is 83.8 Å². The molecule has 0 fully saturated rings. The van der Waals surface area contributed by atoms with E-state index < -0.39 is 11.8 Å². The third-order valence-corrected chi connectivity index (χ3v) is 8.89. The number of nitrogens with one attached hydrogen (secondary N) is 3. The minimum atomic E-state index is -0.474. The standard InChI is InChI=1S/C38H32BrN3O3S/c1-2-35(38(45)40-31-22-20-30(39)21-23-31)46-33-15-9-14-32(25-33)41-37(44)34(42-36(43)29-12-7-4-8-13-29)24-26-16-18-28(19-17-26)27-10-5-3-6-11-27/h3-25,35H,2H2,1H3,(H,40,45)(H,41,44)(H,42,43)/b34-24+. The Hall–Kier alpha value is -4.92. The Kier molecular flexibility index (Phi) is 11.2.